The van der Waals surface area contributed by atoms with E-state index >= 15 is 0 Å². The molecule has 0 aromatic heterocycles. The summed E-state index contributed by atoms with van der Waals surface area (Å²) < 4.78 is 29.3. The summed E-state index contributed by atoms with van der Waals surface area (Å²) in [7, 11) is -3.53. The standard InChI is InChI=1S/C19H24N2O3S/c22-18-4-1-15-8-16(2-3-17(15)20-18)25(23,24)21-19-9-12-5-13(10-19)7-14(6-12)11-19/h2-3,8,12-14,21H,1,4-7,9-11H2,(H,20,22). The third-order valence-electron chi connectivity index (χ3n) is 6.67. The number of sulfonamides is 1. The summed E-state index contributed by atoms with van der Waals surface area (Å²) in [6.07, 6.45) is 7.89. The number of hydrogen-bond acceptors (Lipinski definition) is 3. The van der Waals surface area contributed by atoms with E-state index in [0.29, 0.717) is 35.5 Å². The van der Waals surface area contributed by atoms with Crippen LogP contribution in [-0.2, 0) is 21.2 Å². The molecule has 0 radical (unpaired) electrons. The van der Waals surface area contributed by atoms with Crippen LogP contribution in [0.1, 0.15) is 50.5 Å². The van der Waals surface area contributed by atoms with E-state index in [0.717, 1.165) is 30.5 Å². The second kappa shape index (κ2) is 5.30. The molecular weight excluding hydrogens is 336 g/mol. The fraction of sp³-hybridized carbons (Fsp3) is 0.632. The van der Waals surface area contributed by atoms with Crippen LogP contribution in [0.4, 0.5) is 5.69 Å². The Labute approximate surface area is 148 Å². The summed E-state index contributed by atoms with van der Waals surface area (Å²) in [5.74, 6) is 2.10. The van der Waals surface area contributed by atoms with Crippen molar-refractivity contribution in [1.82, 2.24) is 4.72 Å². The molecule has 5 nitrogen and oxygen atoms in total. The molecule has 4 bridgehead atoms. The fourth-order valence-corrected chi connectivity index (χ4v) is 7.59. The van der Waals surface area contributed by atoms with E-state index in [9.17, 15) is 13.2 Å². The molecule has 6 rings (SSSR count). The van der Waals surface area contributed by atoms with Gasteiger partial charge in [-0.15, -0.1) is 0 Å². The number of rotatable bonds is 3. The smallest absolute Gasteiger partial charge is 0.241 e. The highest BCUT2D eigenvalue weighted by Gasteiger charge is 2.52. The van der Waals surface area contributed by atoms with Crippen molar-refractivity contribution in [3.8, 4) is 0 Å². The molecule has 0 spiro atoms. The maximum atomic E-state index is 13.1. The molecule has 25 heavy (non-hydrogen) atoms. The summed E-state index contributed by atoms with van der Waals surface area (Å²) in [6, 6.07) is 5.07. The molecule has 0 saturated heterocycles. The number of amides is 1. The van der Waals surface area contributed by atoms with Crippen LogP contribution >= 0.6 is 0 Å². The Balaban J connectivity index is 1.43. The van der Waals surface area contributed by atoms with Crippen molar-refractivity contribution in [2.45, 2.75) is 61.8 Å². The summed E-state index contributed by atoms with van der Waals surface area (Å²) in [5.41, 5.74) is 1.43. The van der Waals surface area contributed by atoms with Gasteiger partial charge >= 0.3 is 0 Å². The number of nitrogens with one attached hydrogen (secondary N) is 2. The lowest BCUT2D eigenvalue weighted by atomic mass is 9.53. The average molecular weight is 360 g/mol. The lowest BCUT2D eigenvalue weighted by Gasteiger charge is -2.56. The minimum Gasteiger partial charge on any atom is -0.326 e. The Hall–Kier alpha value is -1.40. The van der Waals surface area contributed by atoms with Crippen molar-refractivity contribution < 1.29 is 13.2 Å². The van der Waals surface area contributed by atoms with Gasteiger partial charge in [0.25, 0.3) is 0 Å². The number of benzene rings is 1. The van der Waals surface area contributed by atoms with E-state index in [1.54, 1.807) is 18.2 Å². The zero-order valence-electron chi connectivity index (χ0n) is 14.3. The molecular formula is C19H24N2O3S. The molecule has 134 valence electrons. The van der Waals surface area contributed by atoms with Gasteiger partial charge in [0.2, 0.25) is 15.9 Å². The van der Waals surface area contributed by atoms with Gasteiger partial charge in [-0.25, -0.2) is 13.1 Å². The number of fused-ring (bicyclic) bond motifs is 1. The first kappa shape index (κ1) is 15.8. The Kier molecular flexibility index (Phi) is 3.36. The van der Waals surface area contributed by atoms with Gasteiger partial charge in [0.15, 0.2) is 0 Å². The van der Waals surface area contributed by atoms with Crippen LogP contribution in [0.25, 0.3) is 0 Å². The monoisotopic (exact) mass is 360 g/mol. The Morgan fingerprint density at radius 2 is 1.64 bits per heavy atom. The summed E-state index contributed by atoms with van der Waals surface area (Å²) in [6.45, 7) is 0. The van der Waals surface area contributed by atoms with Gasteiger partial charge in [0.05, 0.1) is 4.90 Å². The van der Waals surface area contributed by atoms with Crippen molar-refractivity contribution in [3.63, 3.8) is 0 Å². The fourth-order valence-electron chi connectivity index (χ4n) is 6.11. The molecule has 6 heteroatoms. The third-order valence-corrected chi connectivity index (χ3v) is 8.25. The van der Waals surface area contributed by atoms with Crippen LogP contribution in [0, 0.1) is 17.8 Å². The minimum absolute atomic E-state index is 0.00482. The Morgan fingerprint density at radius 3 is 2.28 bits per heavy atom. The van der Waals surface area contributed by atoms with E-state index in [1.807, 2.05) is 0 Å². The summed E-state index contributed by atoms with van der Waals surface area (Å²) >= 11 is 0. The van der Waals surface area contributed by atoms with E-state index in [1.165, 1.54) is 19.3 Å². The molecule has 5 aliphatic rings. The van der Waals surface area contributed by atoms with Gasteiger partial charge in [-0.2, -0.15) is 0 Å². The SMILES string of the molecule is O=C1CCc2cc(S(=O)(=O)NC34CC5CC(CC(C5)C3)C4)ccc2N1. The Bertz CT molecular complexity index is 811. The molecule has 1 heterocycles. The van der Waals surface area contributed by atoms with E-state index in [4.69, 9.17) is 0 Å². The van der Waals surface area contributed by atoms with Gasteiger partial charge < -0.3 is 5.32 Å². The van der Waals surface area contributed by atoms with Crippen molar-refractivity contribution in [1.29, 1.82) is 0 Å². The molecule has 1 aromatic carbocycles. The molecule has 1 aliphatic heterocycles. The van der Waals surface area contributed by atoms with E-state index < -0.39 is 10.0 Å². The van der Waals surface area contributed by atoms with Gasteiger partial charge in [-0.05, 0) is 86.5 Å². The number of carbonyl (C=O) groups is 1. The molecule has 1 amide bonds. The highest BCUT2D eigenvalue weighted by Crippen LogP contribution is 2.56. The number of anilines is 1. The lowest BCUT2D eigenvalue weighted by molar-refractivity contribution is -0.116. The van der Waals surface area contributed by atoms with Gasteiger partial charge in [0, 0.05) is 17.6 Å². The predicted molar refractivity (Wildman–Crippen MR) is 94.6 cm³/mol. The Morgan fingerprint density at radius 1 is 1.00 bits per heavy atom. The van der Waals surface area contributed by atoms with E-state index in [2.05, 4.69) is 10.0 Å². The van der Waals surface area contributed by atoms with Gasteiger partial charge in [-0.3, -0.25) is 4.79 Å². The topological polar surface area (TPSA) is 75.3 Å². The number of aryl methyl sites for hydroxylation is 1. The zero-order valence-corrected chi connectivity index (χ0v) is 15.1. The van der Waals surface area contributed by atoms with Crippen molar-refractivity contribution in [3.05, 3.63) is 23.8 Å². The largest absolute Gasteiger partial charge is 0.326 e. The highest BCUT2D eigenvalue weighted by molar-refractivity contribution is 7.89. The second-order valence-corrected chi connectivity index (χ2v) is 10.4. The maximum absolute atomic E-state index is 13.1. The number of hydrogen-bond donors (Lipinski definition) is 2. The first-order chi connectivity index (χ1) is 11.9. The van der Waals surface area contributed by atoms with Crippen molar-refractivity contribution in [2.75, 3.05) is 5.32 Å². The average Bonchev–Trinajstić information content (AvgIpc) is 2.51. The predicted octanol–water partition coefficient (Wildman–Crippen LogP) is 2.82. The second-order valence-electron chi connectivity index (χ2n) is 8.67. The quantitative estimate of drug-likeness (QED) is 0.870. The molecule has 4 aliphatic carbocycles. The highest BCUT2D eigenvalue weighted by atomic mass is 32.2. The lowest BCUT2D eigenvalue weighted by Crippen LogP contribution is -2.59. The normalized spacial score (nSPS) is 36.2. The number of carbonyl (C=O) groups excluding carboxylic acids is 1. The molecule has 4 fully saturated rings. The van der Waals surface area contributed by atoms with Crippen LogP contribution < -0.4 is 10.0 Å². The maximum Gasteiger partial charge on any atom is 0.241 e. The van der Waals surface area contributed by atoms with Gasteiger partial charge in [-0.1, -0.05) is 0 Å². The zero-order chi connectivity index (χ0) is 17.2. The van der Waals surface area contributed by atoms with E-state index in [-0.39, 0.29) is 11.4 Å². The van der Waals surface area contributed by atoms with Crippen LogP contribution in [-0.4, -0.2) is 19.9 Å². The molecule has 4 saturated carbocycles. The van der Waals surface area contributed by atoms with Crippen molar-refractivity contribution in [2.24, 2.45) is 17.8 Å². The summed E-state index contributed by atoms with van der Waals surface area (Å²) in [5, 5.41) is 2.81. The first-order valence-corrected chi connectivity index (χ1v) is 10.9. The minimum atomic E-state index is -3.53. The van der Waals surface area contributed by atoms with Crippen LogP contribution in [0.5, 0.6) is 0 Å². The first-order valence-electron chi connectivity index (χ1n) is 9.38. The summed E-state index contributed by atoms with van der Waals surface area (Å²) in [4.78, 5) is 11.8. The molecule has 2 N–H and O–H groups in total. The molecule has 0 atom stereocenters. The van der Waals surface area contributed by atoms with Crippen LogP contribution in [0.3, 0.4) is 0 Å². The molecule has 1 aromatic rings. The van der Waals surface area contributed by atoms with Crippen molar-refractivity contribution >= 4 is 21.6 Å². The van der Waals surface area contributed by atoms with Crippen LogP contribution in [0.15, 0.2) is 23.1 Å². The van der Waals surface area contributed by atoms with Gasteiger partial charge in [0.1, 0.15) is 0 Å². The third kappa shape index (κ3) is 2.70. The molecule has 0 unspecified atom stereocenters. The van der Waals surface area contributed by atoms with Crippen LogP contribution in [0.2, 0.25) is 0 Å².